The number of rotatable bonds is 4. The number of aryl methyl sites for hydroxylation is 2. The molecule has 0 aromatic heterocycles. The Labute approximate surface area is 152 Å². The Bertz CT molecular complexity index is 585. The van der Waals surface area contributed by atoms with E-state index in [1.165, 1.54) is 42.9 Å². The van der Waals surface area contributed by atoms with Crippen molar-refractivity contribution in [2.24, 2.45) is 0 Å². The van der Waals surface area contributed by atoms with E-state index in [9.17, 15) is 4.79 Å². The zero-order valence-electron chi connectivity index (χ0n) is 16.0. The molecule has 2 aliphatic heterocycles. The van der Waals surface area contributed by atoms with Gasteiger partial charge in [-0.05, 0) is 56.8 Å². The third-order valence-corrected chi connectivity index (χ3v) is 5.91. The Morgan fingerprint density at radius 2 is 1.72 bits per heavy atom. The molecule has 0 atom stereocenters. The first-order chi connectivity index (χ1) is 12.0. The second-order valence-corrected chi connectivity index (χ2v) is 7.72. The van der Waals surface area contributed by atoms with E-state index in [1.807, 2.05) is 11.3 Å². The van der Waals surface area contributed by atoms with E-state index in [1.54, 1.807) is 0 Å². The summed E-state index contributed by atoms with van der Waals surface area (Å²) in [7, 11) is 2.20. The summed E-state index contributed by atoms with van der Waals surface area (Å²) in [6.45, 7) is 10.7. The molecule has 4 heteroatoms. The van der Waals surface area contributed by atoms with Crippen LogP contribution in [0.1, 0.15) is 29.5 Å². The third-order valence-electron chi connectivity index (χ3n) is 5.91. The van der Waals surface area contributed by atoms with E-state index in [-0.39, 0.29) is 5.91 Å². The Balaban J connectivity index is 1.43. The molecule has 1 aromatic rings. The molecular formula is C21H32N3O. The van der Waals surface area contributed by atoms with Crippen LogP contribution in [0.4, 0.5) is 0 Å². The second kappa shape index (κ2) is 8.33. The van der Waals surface area contributed by atoms with Crippen molar-refractivity contribution < 1.29 is 4.79 Å². The van der Waals surface area contributed by atoms with Gasteiger partial charge in [-0.2, -0.15) is 0 Å². The largest absolute Gasteiger partial charge is 0.342 e. The van der Waals surface area contributed by atoms with Crippen molar-refractivity contribution in [1.29, 1.82) is 0 Å². The lowest BCUT2D eigenvalue weighted by atomic mass is 10.0. The molecule has 0 unspecified atom stereocenters. The Hall–Kier alpha value is -1.39. The minimum Gasteiger partial charge on any atom is -0.342 e. The summed E-state index contributed by atoms with van der Waals surface area (Å²) in [6.07, 6.45) is 4.83. The molecule has 137 valence electrons. The second-order valence-electron chi connectivity index (χ2n) is 7.72. The first-order valence-electron chi connectivity index (χ1n) is 9.64. The number of likely N-dealkylation sites (tertiary alicyclic amines) is 1. The van der Waals surface area contributed by atoms with Gasteiger partial charge in [0, 0.05) is 45.3 Å². The number of hydrogen-bond donors (Lipinski definition) is 0. The monoisotopic (exact) mass is 342 g/mol. The molecule has 0 aliphatic carbocycles. The number of carbonyl (C=O) groups is 1. The molecule has 0 N–H and O–H groups in total. The van der Waals surface area contributed by atoms with Crippen molar-refractivity contribution in [2.45, 2.75) is 39.2 Å². The summed E-state index contributed by atoms with van der Waals surface area (Å²) in [5.41, 5.74) is 3.83. The number of likely N-dealkylation sites (N-methyl/N-ethyl adjacent to an activating group) is 1. The van der Waals surface area contributed by atoms with Gasteiger partial charge in [-0.3, -0.25) is 9.69 Å². The molecule has 2 aliphatic rings. The van der Waals surface area contributed by atoms with Crippen molar-refractivity contribution in [3.05, 3.63) is 41.3 Å². The number of amides is 1. The predicted octanol–water partition coefficient (Wildman–Crippen LogP) is 2.29. The molecule has 2 fully saturated rings. The fourth-order valence-electron chi connectivity index (χ4n) is 3.90. The number of piperidine rings is 1. The minimum atomic E-state index is 0.204. The summed E-state index contributed by atoms with van der Waals surface area (Å²) in [6, 6.07) is 7.13. The zero-order chi connectivity index (χ0) is 17.8. The lowest BCUT2D eigenvalue weighted by Crippen LogP contribution is -2.53. The van der Waals surface area contributed by atoms with Gasteiger partial charge in [0.05, 0.1) is 6.42 Å². The van der Waals surface area contributed by atoms with Gasteiger partial charge in [0.2, 0.25) is 5.91 Å². The number of piperazine rings is 1. The summed E-state index contributed by atoms with van der Waals surface area (Å²) in [5.74, 6) is 0.204. The Morgan fingerprint density at radius 1 is 1.04 bits per heavy atom. The lowest BCUT2D eigenvalue weighted by molar-refractivity contribution is -0.129. The lowest BCUT2D eigenvalue weighted by Gasteiger charge is -2.42. The van der Waals surface area contributed by atoms with Crippen LogP contribution >= 0.6 is 0 Å². The van der Waals surface area contributed by atoms with E-state index in [2.05, 4.69) is 48.9 Å². The molecule has 2 saturated heterocycles. The molecule has 1 amide bonds. The van der Waals surface area contributed by atoms with Gasteiger partial charge in [0.1, 0.15) is 0 Å². The van der Waals surface area contributed by atoms with Crippen LogP contribution in [0.25, 0.3) is 0 Å². The van der Waals surface area contributed by atoms with Gasteiger partial charge in [-0.15, -0.1) is 0 Å². The quantitative estimate of drug-likeness (QED) is 0.840. The molecule has 3 rings (SSSR count). The number of carbonyl (C=O) groups excluding carboxylic acids is 1. The van der Waals surface area contributed by atoms with E-state index in [0.717, 1.165) is 32.4 Å². The standard InChI is InChI=1S/C21H32N3O/c1-17-4-5-19(16-18(17)2)6-7-21(25)24-10-8-20(9-11-24)23-14-12-22(3)13-15-23/h4-5,7,16,20H,6,8-15H2,1-3H3. The van der Waals surface area contributed by atoms with Crippen LogP contribution in [0.5, 0.6) is 0 Å². The maximum atomic E-state index is 12.5. The number of benzene rings is 1. The average Bonchev–Trinajstić information content (AvgIpc) is 2.63. The number of hydrogen-bond acceptors (Lipinski definition) is 3. The van der Waals surface area contributed by atoms with Crippen LogP contribution in [0.2, 0.25) is 0 Å². The molecule has 1 aromatic carbocycles. The average molecular weight is 343 g/mol. The van der Waals surface area contributed by atoms with E-state index in [4.69, 9.17) is 0 Å². The summed E-state index contributed by atoms with van der Waals surface area (Å²) < 4.78 is 0. The normalized spacial score (nSPS) is 20.8. The highest BCUT2D eigenvalue weighted by Gasteiger charge is 2.28. The SMILES string of the molecule is Cc1ccc(C[CH]C(=O)N2CCC(N3CCN(C)CC3)CC2)cc1C. The molecule has 1 radical (unpaired) electrons. The van der Waals surface area contributed by atoms with Crippen molar-refractivity contribution in [2.75, 3.05) is 46.3 Å². The summed E-state index contributed by atoms with van der Waals surface area (Å²) >= 11 is 0. The topological polar surface area (TPSA) is 26.8 Å². The van der Waals surface area contributed by atoms with Crippen LogP contribution in [-0.4, -0.2) is 73.0 Å². The molecule has 0 spiro atoms. The van der Waals surface area contributed by atoms with Crippen molar-refractivity contribution in [3.8, 4) is 0 Å². The predicted molar refractivity (Wildman–Crippen MR) is 103 cm³/mol. The highest BCUT2D eigenvalue weighted by atomic mass is 16.2. The van der Waals surface area contributed by atoms with E-state index >= 15 is 0 Å². The van der Waals surface area contributed by atoms with Crippen molar-refractivity contribution >= 4 is 5.91 Å². The van der Waals surface area contributed by atoms with Crippen molar-refractivity contribution in [3.63, 3.8) is 0 Å². The van der Waals surface area contributed by atoms with Crippen LogP contribution < -0.4 is 0 Å². The van der Waals surface area contributed by atoms with Gasteiger partial charge in [-0.1, -0.05) is 18.2 Å². The maximum Gasteiger partial charge on any atom is 0.226 e. The Morgan fingerprint density at radius 3 is 2.36 bits per heavy atom. The van der Waals surface area contributed by atoms with Crippen LogP contribution in [0, 0.1) is 20.3 Å². The number of nitrogens with zero attached hydrogens (tertiary/aromatic N) is 3. The molecule has 0 bridgehead atoms. The fourth-order valence-corrected chi connectivity index (χ4v) is 3.90. The molecule has 0 saturated carbocycles. The Kier molecular flexibility index (Phi) is 6.13. The maximum absolute atomic E-state index is 12.5. The van der Waals surface area contributed by atoms with Gasteiger partial charge in [-0.25, -0.2) is 0 Å². The smallest absolute Gasteiger partial charge is 0.226 e. The molecule has 4 nitrogen and oxygen atoms in total. The van der Waals surface area contributed by atoms with Crippen molar-refractivity contribution in [1.82, 2.24) is 14.7 Å². The first-order valence-corrected chi connectivity index (χ1v) is 9.64. The summed E-state index contributed by atoms with van der Waals surface area (Å²) in [4.78, 5) is 19.6. The molecular weight excluding hydrogens is 310 g/mol. The fraction of sp³-hybridized carbons (Fsp3) is 0.619. The molecule has 2 heterocycles. The minimum absolute atomic E-state index is 0.204. The summed E-state index contributed by atoms with van der Waals surface area (Å²) in [5, 5.41) is 0. The van der Waals surface area contributed by atoms with Gasteiger partial charge >= 0.3 is 0 Å². The third kappa shape index (κ3) is 4.83. The van der Waals surface area contributed by atoms with Crippen LogP contribution in [0.15, 0.2) is 18.2 Å². The van der Waals surface area contributed by atoms with Crippen LogP contribution in [-0.2, 0) is 11.2 Å². The van der Waals surface area contributed by atoms with E-state index in [0.29, 0.717) is 6.04 Å². The van der Waals surface area contributed by atoms with Gasteiger partial charge < -0.3 is 9.80 Å². The zero-order valence-corrected chi connectivity index (χ0v) is 16.0. The first kappa shape index (κ1) is 18.4. The highest BCUT2D eigenvalue weighted by molar-refractivity contribution is 5.85. The highest BCUT2D eigenvalue weighted by Crippen LogP contribution is 2.19. The van der Waals surface area contributed by atoms with Gasteiger partial charge in [0.25, 0.3) is 0 Å². The molecule has 25 heavy (non-hydrogen) atoms. The van der Waals surface area contributed by atoms with Crippen LogP contribution in [0.3, 0.4) is 0 Å². The van der Waals surface area contributed by atoms with Gasteiger partial charge in [0.15, 0.2) is 0 Å². The van der Waals surface area contributed by atoms with E-state index < -0.39 is 0 Å².